The van der Waals surface area contributed by atoms with Crippen LogP contribution in [0, 0.1) is 18.3 Å². The third kappa shape index (κ3) is 5.96. The van der Waals surface area contributed by atoms with Crippen molar-refractivity contribution in [3.05, 3.63) is 12.2 Å². The molecule has 0 aliphatic carbocycles. The van der Waals surface area contributed by atoms with Crippen LogP contribution in [0.2, 0.25) is 0 Å². The molecule has 2 aliphatic rings. The van der Waals surface area contributed by atoms with Crippen molar-refractivity contribution >= 4 is 5.97 Å². The molecule has 0 saturated carbocycles. The molecule has 2 aliphatic heterocycles. The van der Waals surface area contributed by atoms with Gasteiger partial charge >= 0.3 is 5.97 Å². The molecule has 0 spiro atoms. The molecule has 2 rings (SSSR count). The Morgan fingerprint density at radius 2 is 2.04 bits per heavy atom. The van der Waals surface area contributed by atoms with Crippen LogP contribution in [-0.2, 0) is 14.3 Å². The minimum atomic E-state index is -0.722. The molecule has 0 aromatic rings. The zero-order chi connectivity index (χ0) is 17.2. The molecular formula is C20H30O4. The normalized spacial score (nSPS) is 28.5. The van der Waals surface area contributed by atoms with Gasteiger partial charge in [0.25, 0.3) is 0 Å². The smallest absolute Gasteiger partial charge is 0.303 e. The molecule has 1 N–H and O–H groups in total. The Hall–Kier alpha value is -1.31. The first-order valence-electron chi connectivity index (χ1n) is 9.29. The second kappa shape index (κ2) is 10.5. The Kier molecular flexibility index (Phi) is 8.35. The highest BCUT2D eigenvalue weighted by molar-refractivity contribution is 5.66. The quantitative estimate of drug-likeness (QED) is 0.334. The molecule has 2 heterocycles. The van der Waals surface area contributed by atoms with E-state index in [0.29, 0.717) is 18.4 Å². The highest BCUT2D eigenvalue weighted by Gasteiger charge is 2.48. The van der Waals surface area contributed by atoms with Crippen molar-refractivity contribution in [3.8, 4) is 12.3 Å². The Morgan fingerprint density at radius 3 is 2.83 bits per heavy atom. The van der Waals surface area contributed by atoms with Crippen LogP contribution in [0.5, 0.6) is 0 Å². The van der Waals surface area contributed by atoms with Crippen LogP contribution in [-0.4, -0.2) is 36.0 Å². The van der Waals surface area contributed by atoms with Gasteiger partial charge in [0, 0.05) is 25.4 Å². The van der Waals surface area contributed by atoms with Crippen LogP contribution in [0.15, 0.2) is 12.2 Å². The summed E-state index contributed by atoms with van der Waals surface area (Å²) in [5.41, 5.74) is 0. The number of rotatable bonds is 12. The third-order valence-corrected chi connectivity index (χ3v) is 4.96. The molecule has 0 radical (unpaired) electrons. The van der Waals surface area contributed by atoms with E-state index in [2.05, 4.69) is 18.1 Å². The minimum absolute atomic E-state index is 0.222. The second-order valence-corrected chi connectivity index (χ2v) is 6.80. The first-order chi connectivity index (χ1) is 11.7. The van der Waals surface area contributed by atoms with Gasteiger partial charge in [-0.15, -0.1) is 12.3 Å². The van der Waals surface area contributed by atoms with Crippen molar-refractivity contribution in [1.82, 2.24) is 0 Å². The fourth-order valence-electron chi connectivity index (χ4n) is 3.72. The van der Waals surface area contributed by atoms with E-state index in [4.69, 9.17) is 21.0 Å². The summed E-state index contributed by atoms with van der Waals surface area (Å²) in [7, 11) is 0. The summed E-state index contributed by atoms with van der Waals surface area (Å²) in [6.07, 6.45) is 19.5. The molecule has 4 nitrogen and oxygen atoms in total. The van der Waals surface area contributed by atoms with Crippen LogP contribution < -0.4 is 0 Å². The van der Waals surface area contributed by atoms with E-state index in [-0.39, 0.29) is 18.6 Å². The van der Waals surface area contributed by atoms with Gasteiger partial charge in [0.05, 0.1) is 18.3 Å². The summed E-state index contributed by atoms with van der Waals surface area (Å²) in [5.74, 6) is 2.40. The van der Waals surface area contributed by atoms with Gasteiger partial charge in [0.15, 0.2) is 0 Å². The maximum absolute atomic E-state index is 10.5. The zero-order valence-corrected chi connectivity index (χ0v) is 14.5. The highest BCUT2D eigenvalue weighted by atomic mass is 16.6. The molecular weight excluding hydrogens is 304 g/mol. The van der Waals surface area contributed by atoms with Crippen LogP contribution in [0.4, 0.5) is 0 Å². The summed E-state index contributed by atoms with van der Waals surface area (Å²) in [5, 5.41) is 8.63. The van der Waals surface area contributed by atoms with E-state index >= 15 is 0 Å². The van der Waals surface area contributed by atoms with Gasteiger partial charge in [-0.1, -0.05) is 18.6 Å². The average Bonchev–Trinajstić information content (AvgIpc) is 3.15. The number of hydrogen-bond acceptors (Lipinski definition) is 3. The van der Waals surface area contributed by atoms with E-state index < -0.39 is 5.97 Å². The molecule has 0 amide bonds. The number of hydrogen-bond donors (Lipinski definition) is 1. The lowest BCUT2D eigenvalue weighted by atomic mass is 9.84. The van der Waals surface area contributed by atoms with Crippen LogP contribution >= 0.6 is 0 Å². The molecule has 0 unspecified atom stereocenters. The zero-order valence-electron chi connectivity index (χ0n) is 14.5. The predicted octanol–water partition coefficient (Wildman–Crippen LogP) is 3.94. The van der Waals surface area contributed by atoms with Crippen molar-refractivity contribution in [3.63, 3.8) is 0 Å². The van der Waals surface area contributed by atoms with Gasteiger partial charge in [0.1, 0.15) is 0 Å². The molecule has 2 saturated heterocycles. The largest absolute Gasteiger partial charge is 0.481 e. The topological polar surface area (TPSA) is 55.8 Å². The van der Waals surface area contributed by atoms with E-state index in [1.165, 1.54) is 0 Å². The number of terminal acetylenes is 1. The number of aliphatic carboxylic acids is 1. The number of fused-ring (bicyclic) bond motifs is 2. The van der Waals surface area contributed by atoms with E-state index in [1.807, 2.05) is 0 Å². The monoisotopic (exact) mass is 334 g/mol. The van der Waals surface area contributed by atoms with Crippen molar-refractivity contribution in [2.45, 2.75) is 82.5 Å². The third-order valence-electron chi connectivity index (χ3n) is 4.96. The summed E-state index contributed by atoms with van der Waals surface area (Å²) in [6, 6.07) is 0. The number of ether oxygens (including phenoxy) is 2. The Balaban J connectivity index is 1.66. The standard InChI is InChI=1S/C20H30O4/c1-2-3-4-7-10-15-23-20-16(17-13-14-18(20)24-17)11-8-5-6-9-12-19(21)22/h1,5,8,16-18,20H,3-4,6-7,9-15H2,(H,21,22)/t16-,17+,18-,20+/m1/s1. The first-order valence-corrected chi connectivity index (χ1v) is 9.29. The lowest BCUT2D eigenvalue weighted by Crippen LogP contribution is -2.34. The molecule has 134 valence electrons. The van der Waals surface area contributed by atoms with Crippen molar-refractivity contribution < 1.29 is 19.4 Å². The SMILES string of the molecule is C#CCCCCCO[C@H]1[C@H](CC=CCCCC(=O)O)[C@@H]2CC[C@H]1O2. The van der Waals surface area contributed by atoms with Crippen molar-refractivity contribution in [2.75, 3.05) is 6.61 Å². The average molecular weight is 334 g/mol. The number of unbranched alkanes of at least 4 members (excludes halogenated alkanes) is 4. The van der Waals surface area contributed by atoms with Gasteiger partial charge in [-0.05, 0) is 44.9 Å². The molecule has 2 bridgehead atoms. The van der Waals surface area contributed by atoms with Gasteiger partial charge in [-0.3, -0.25) is 4.79 Å². The van der Waals surface area contributed by atoms with Gasteiger partial charge in [0.2, 0.25) is 0 Å². The lowest BCUT2D eigenvalue weighted by molar-refractivity contribution is -0.137. The number of carboxylic acids is 1. The maximum Gasteiger partial charge on any atom is 0.303 e. The number of carboxylic acid groups (broad SMARTS) is 1. The Morgan fingerprint density at radius 1 is 1.21 bits per heavy atom. The number of allylic oxidation sites excluding steroid dienone is 2. The molecule has 4 atom stereocenters. The first kappa shape index (κ1) is 19.0. The highest BCUT2D eigenvalue weighted by Crippen LogP contribution is 2.42. The van der Waals surface area contributed by atoms with E-state index in [0.717, 1.165) is 58.0 Å². The summed E-state index contributed by atoms with van der Waals surface area (Å²) in [4.78, 5) is 10.5. The minimum Gasteiger partial charge on any atom is -0.481 e. The summed E-state index contributed by atoms with van der Waals surface area (Å²) < 4.78 is 12.2. The van der Waals surface area contributed by atoms with Crippen molar-refractivity contribution in [1.29, 1.82) is 0 Å². The van der Waals surface area contributed by atoms with Crippen LogP contribution in [0.1, 0.15) is 64.2 Å². The lowest BCUT2D eigenvalue weighted by Gasteiger charge is -2.27. The van der Waals surface area contributed by atoms with Crippen LogP contribution in [0.25, 0.3) is 0 Å². The van der Waals surface area contributed by atoms with Crippen molar-refractivity contribution in [2.24, 2.45) is 5.92 Å². The van der Waals surface area contributed by atoms with Gasteiger partial charge in [-0.25, -0.2) is 0 Å². The molecule has 4 heteroatoms. The second-order valence-electron chi connectivity index (χ2n) is 6.80. The van der Waals surface area contributed by atoms with Gasteiger partial charge < -0.3 is 14.6 Å². The fraction of sp³-hybridized carbons (Fsp3) is 0.750. The van der Waals surface area contributed by atoms with Gasteiger partial charge in [-0.2, -0.15) is 0 Å². The fourth-order valence-corrected chi connectivity index (χ4v) is 3.72. The Bertz CT molecular complexity index is 451. The molecule has 2 fully saturated rings. The molecule has 0 aromatic heterocycles. The molecule has 24 heavy (non-hydrogen) atoms. The summed E-state index contributed by atoms with van der Waals surface area (Å²) >= 11 is 0. The van der Waals surface area contributed by atoms with Crippen LogP contribution in [0.3, 0.4) is 0 Å². The Labute approximate surface area is 145 Å². The molecule has 0 aromatic carbocycles. The number of carbonyl (C=O) groups is 1. The summed E-state index contributed by atoms with van der Waals surface area (Å²) in [6.45, 7) is 0.792. The van der Waals surface area contributed by atoms with E-state index in [9.17, 15) is 4.79 Å². The predicted molar refractivity (Wildman–Crippen MR) is 93.7 cm³/mol. The van der Waals surface area contributed by atoms with E-state index in [1.54, 1.807) is 0 Å². The maximum atomic E-state index is 10.5.